The molecule has 0 saturated carbocycles. The van der Waals surface area contributed by atoms with E-state index in [1.165, 1.54) is 0 Å². The van der Waals surface area contributed by atoms with Crippen LogP contribution in [0.4, 0.5) is 0 Å². The van der Waals surface area contributed by atoms with Gasteiger partial charge in [0.2, 0.25) is 0 Å². The molecule has 1 heterocycles. The van der Waals surface area contributed by atoms with E-state index in [2.05, 4.69) is 4.74 Å². The lowest BCUT2D eigenvalue weighted by Crippen LogP contribution is -2.09. The minimum atomic E-state index is -0.420. The third kappa shape index (κ3) is 2.01. The van der Waals surface area contributed by atoms with Crippen LogP contribution in [0, 0.1) is 5.92 Å². The summed E-state index contributed by atoms with van der Waals surface area (Å²) < 4.78 is 9.11. The molecule has 0 radical (unpaired) electrons. The summed E-state index contributed by atoms with van der Waals surface area (Å²) in [6.45, 7) is 0.493. The van der Waals surface area contributed by atoms with Crippen molar-refractivity contribution in [1.29, 1.82) is 0 Å². The van der Waals surface area contributed by atoms with E-state index in [0.29, 0.717) is 13.0 Å². The molecule has 1 unspecified atom stereocenters. The molecule has 11 heavy (non-hydrogen) atoms. The van der Waals surface area contributed by atoms with Crippen LogP contribution in [0.15, 0.2) is 0 Å². The number of esters is 2. The van der Waals surface area contributed by atoms with Gasteiger partial charge < -0.3 is 9.47 Å². The van der Waals surface area contributed by atoms with Crippen LogP contribution in [0.1, 0.15) is 12.8 Å². The van der Waals surface area contributed by atoms with Gasteiger partial charge in [0.05, 0.1) is 12.3 Å². The number of methoxy groups -OCH3 is 1. The molecular formula is C7H10O4. The van der Waals surface area contributed by atoms with E-state index in [1.807, 2.05) is 0 Å². The first kappa shape index (κ1) is 8.20. The van der Waals surface area contributed by atoms with E-state index in [1.54, 1.807) is 7.11 Å². The van der Waals surface area contributed by atoms with Crippen molar-refractivity contribution in [3.8, 4) is 0 Å². The highest BCUT2D eigenvalue weighted by Crippen LogP contribution is 2.18. The highest BCUT2D eigenvalue weighted by Gasteiger charge is 2.32. The summed E-state index contributed by atoms with van der Waals surface area (Å²) >= 11 is 0. The standard InChI is InChI=1S/C7H10O4/c1-10-3-2-5-4-6(8)11-7(5)9/h5H,2-4H2,1H3. The first-order chi connectivity index (χ1) is 5.24. The smallest absolute Gasteiger partial charge is 0.317 e. The maximum absolute atomic E-state index is 10.8. The number of ether oxygens (including phenoxy) is 2. The Kier molecular flexibility index (Phi) is 2.59. The monoisotopic (exact) mass is 158 g/mol. The molecule has 1 aliphatic heterocycles. The van der Waals surface area contributed by atoms with Crippen molar-refractivity contribution in [3.63, 3.8) is 0 Å². The molecule has 1 rings (SSSR count). The summed E-state index contributed by atoms with van der Waals surface area (Å²) in [5.41, 5.74) is 0. The molecule has 1 saturated heterocycles. The molecule has 0 bridgehead atoms. The number of carbonyl (C=O) groups excluding carboxylic acids is 2. The minimum absolute atomic E-state index is 0.211. The molecule has 4 heteroatoms. The van der Waals surface area contributed by atoms with Gasteiger partial charge in [-0.1, -0.05) is 0 Å². The zero-order valence-electron chi connectivity index (χ0n) is 6.33. The molecule has 0 amide bonds. The Balaban J connectivity index is 2.34. The molecule has 1 aliphatic rings. The van der Waals surface area contributed by atoms with Gasteiger partial charge in [0, 0.05) is 13.7 Å². The minimum Gasteiger partial charge on any atom is -0.393 e. The quantitative estimate of drug-likeness (QED) is 0.432. The topological polar surface area (TPSA) is 52.6 Å². The molecule has 1 atom stereocenters. The van der Waals surface area contributed by atoms with E-state index < -0.39 is 11.9 Å². The van der Waals surface area contributed by atoms with E-state index in [-0.39, 0.29) is 12.3 Å². The van der Waals surface area contributed by atoms with Crippen LogP contribution in [-0.4, -0.2) is 25.7 Å². The van der Waals surface area contributed by atoms with Crippen molar-refractivity contribution in [1.82, 2.24) is 0 Å². The number of carbonyl (C=O) groups is 2. The van der Waals surface area contributed by atoms with Gasteiger partial charge in [0.25, 0.3) is 0 Å². The largest absolute Gasteiger partial charge is 0.393 e. The Labute approximate surface area is 64.5 Å². The van der Waals surface area contributed by atoms with E-state index in [0.717, 1.165) is 0 Å². The zero-order valence-corrected chi connectivity index (χ0v) is 6.33. The fraction of sp³-hybridized carbons (Fsp3) is 0.714. The van der Waals surface area contributed by atoms with Crippen LogP contribution < -0.4 is 0 Å². The number of rotatable bonds is 3. The number of hydrogen-bond acceptors (Lipinski definition) is 4. The van der Waals surface area contributed by atoms with Gasteiger partial charge in [-0.05, 0) is 6.42 Å². The van der Waals surface area contributed by atoms with Crippen LogP contribution in [0.25, 0.3) is 0 Å². The van der Waals surface area contributed by atoms with Crippen molar-refractivity contribution in [2.24, 2.45) is 5.92 Å². The maximum atomic E-state index is 10.8. The van der Waals surface area contributed by atoms with Crippen LogP contribution in [0.2, 0.25) is 0 Å². The lowest BCUT2D eigenvalue weighted by molar-refractivity contribution is -0.153. The van der Waals surface area contributed by atoms with E-state index >= 15 is 0 Å². The van der Waals surface area contributed by atoms with Crippen LogP contribution in [0.5, 0.6) is 0 Å². The van der Waals surface area contributed by atoms with Gasteiger partial charge in [-0.25, -0.2) is 0 Å². The Morgan fingerprint density at radius 2 is 2.36 bits per heavy atom. The SMILES string of the molecule is COCCC1CC(=O)OC1=O. The summed E-state index contributed by atoms with van der Waals surface area (Å²) in [5, 5.41) is 0. The maximum Gasteiger partial charge on any atom is 0.317 e. The molecular weight excluding hydrogens is 148 g/mol. The van der Waals surface area contributed by atoms with Gasteiger partial charge in [-0.15, -0.1) is 0 Å². The number of hydrogen-bond donors (Lipinski definition) is 0. The van der Waals surface area contributed by atoms with Crippen LogP contribution in [0.3, 0.4) is 0 Å². The third-order valence-electron chi connectivity index (χ3n) is 1.63. The molecule has 1 fully saturated rings. The first-order valence-corrected chi connectivity index (χ1v) is 3.47. The molecule has 0 aromatic carbocycles. The van der Waals surface area contributed by atoms with Gasteiger partial charge in [-0.3, -0.25) is 9.59 Å². The highest BCUT2D eigenvalue weighted by molar-refractivity contribution is 5.94. The van der Waals surface area contributed by atoms with Gasteiger partial charge in [-0.2, -0.15) is 0 Å². The van der Waals surface area contributed by atoms with Gasteiger partial charge >= 0.3 is 11.9 Å². The highest BCUT2D eigenvalue weighted by atomic mass is 16.6. The molecule has 0 aromatic heterocycles. The molecule has 0 spiro atoms. The molecule has 0 aromatic rings. The second kappa shape index (κ2) is 3.48. The Bertz CT molecular complexity index is 175. The van der Waals surface area contributed by atoms with Crippen molar-refractivity contribution < 1.29 is 19.1 Å². The van der Waals surface area contributed by atoms with Crippen molar-refractivity contribution in [3.05, 3.63) is 0 Å². The van der Waals surface area contributed by atoms with Crippen LogP contribution >= 0.6 is 0 Å². The molecule has 0 N–H and O–H groups in total. The van der Waals surface area contributed by atoms with Gasteiger partial charge in [0.15, 0.2) is 0 Å². The summed E-state index contributed by atoms with van der Waals surface area (Å²) in [6.07, 6.45) is 0.781. The predicted octanol–water partition coefficient (Wildman–Crippen LogP) is 0.113. The third-order valence-corrected chi connectivity index (χ3v) is 1.63. The summed E-state index contributed by atoms with van der Waals surface area (Å²) in [6, 6.07) is 0. The molecule has 62 valence electrons. The zero-order chi connectivity index (χ0) is 8.27. The normalized spacial score (nSPS) is 23.9. The lowest BCUT2D eigenvalue weighted by Gasteiger charge is -2.00. The fourth-order valence-electron chi connectivity index (χ4n) is 1.00. The Hall–Kier alpha value is -0.900. The van der Waals surface area contributed by atoms with E-state index in [9.17, 15) is 9.59 Å². The van der Waals surface area contributed by atoms with Crippen molar-refractivity contribution in [2.75, 3.05) is 13.7 Å². The lowest BCUT2D eigenvalue weighted by atomic mass is 10.1. The second-order valence-electron chi connectivity index (χ2n) is 2.48. The Morgan fingerprint density at radius 3 is 2.82 bits per heavy atom. The molecule has 0 aliphatic carbocycles. The van der Waals surface area contributed by atoms with Crippen molar-refractivity contribution >= 4 is 11.9 Å². The van der Waals surface area contributed by atoms with Gasteiger partial charge in [0.1, 0.15) is 0 Å². The average molecular weight is 158 g/mol. The fourth-order valence-corrected chi connectivity index (χ4v) is 1.00. The number of cyclic esters (lactones) is 2. The van der Waals surface area contributed by atoms with E-state index in [4.69, 9.17) is 4.74 Å². The van der Waals surface area contributed by atoms with Crippen molar-refractivity contribution in [2.45, 2.75) is 12.8 Å². The average Bonchev–Trinajstić information content (AvgIpc) is 2.26. The summed E-state index contributed by atoms with van der Waals surface area (Å²) in [4.78, 5) is 21.3. The summed E-state index contributed by atoms with van der Waals surface area (Å²) in [5.74, 6) is -1.11. The predicted molar refractivity (Wildman–Crippen MR) is 35.7 cm³/mol. The first-order valence-electron chi connectivity index (χ1n) is 3.47. The summed E-state index contributed by atoms with van der Waals surface area (Å²) in [7, 11) is 1.56. The molecule has 4 nitrogen and oxygen atoms in total. The van der Waals surface area contributed by atoms with Crippen LogP contribution in [-0.2, 0) is 19.1 Å². The second-order valence-corrected chi connectivity index (χ2v) is 2.48. The Morgan fingerprint density at radius 1 is 1.64 bits per heavy atom.